The van der Waals surface area contributed by atoms with E-state index >= 15 is 0 Å². The van der Waals surface area contributed by atoms with Gasteiger partial charge in [-0.3, -0.25) is 0 Å². The van der Waals surface area contributed by atoms with Gasteiger partial charge in [-0.05, 0) is 11.6 Å². The third kappa shape index (κ3) is 1.50. The van der Waals surface area contributed by atoms with E-state index in [9.17, 15) is 0 Å². The quantitative estimate of drug-likeness (QED) is 0.623. The summed E-state index contributed by atoms with van der Waals surface area (Å²) in [5.74, 6) is 0. The molecule has 3 heteroatoms. The molecule has 0 fully saturated rings. The highest BCUT2D eigenvalue weighted by Crippen LogP contribution is 2.22. The Hall–Kier alpha value is -2.08. The summed E-state index contributed by atoms with van der Waals surface area (Å²) in [4.78, 5) is 7.60. The van der Waals surface area contributed by atoms with Crippen molar-refractivity contribution in [3.8, 4) is 11.3 Å². The Morgan fingerprint density at radius 2 is 2.29 bits per heavy atom. The largest absolute Gasteiger partial charge is 0.340 e. The minimum Gasteiger partial charge on any atom is -0.340 e. The number of nitrogens with zero attached hydrogens (tertiary/aromatic N) is 3. The molecule has 2 aromatic rings. The number of hydrogen-bond donors (Lipinski definition) is 0. The van der Waals surface area contributed by atoms with Crippen LogP contribution in [0.4, 0.5) is 5.69 Å². The molecule has 14 heavy (non-hydrogen) atoms. The number of imidazole rings is 1. The van der Waals surface area contributed by atoms with Crippen LogP contribution in [0.5, 0.6) is 0 Å². The molecule has 1 aromatic heterocycles. The predicted octanol–water partition coefficient (Wildman–Crippen LogP) is 2.64. The summed E-state index contributed by atoms with van der Waals surface area (Å²) in [5, 5.41) is 0. The molecule has 0 aliphatic heterocycles. The van der Waals surface area contributed by atoms with Crippen LogP contribution in [0.1, 0.15) is 0 Å². The zero-order valence-corrected chi connectivity index (χ0v) is 7.81. The fourth-order valence-electron chi connectivity index (χ4n) is 1.30. The Kier molecular flexibility index (Phi) is 2.04. The maximum Gasteiger partial charge on any atom is 0.187 e. The van der Waals surface area contributed by atoms with Gasteiger partial charge in [0.2, 0.25) is 0 Å². The van der Waals surface area contributed by atoms with Gasteiger partial charge in [-0.1, -0.05) is 18.2 Å². The first-order valence-corrected chi connectivity index (χ1v) is 4.25. The molecule has 0 radical (unpaired) electrons. The number of aromatic nitrogens is 2. The lowest BCUT2D eigenvalue weighted by Crippen LogP contribution is -1.78. The van der Waals surface area contributed by atoms with E-state index in [1.54, 1.807) is 12.4 Å². The number of aryl methyl sites for hydroxylation is 1. The van der Waals surface area contributed by atoms with Crippen LogP contribution in [0.2, 0.25) is 0 Å². The average Bonchev–Trinajstić information content (AvgIpc) is 2.65. The smallest absolute Gasteiger partial charge is 0.187 e. The highest BCUT2D eigenvalue weighted by Gasteiger charge is 2.00. The highest BCUT2D eigenvalue weighted by molar-refractivity contribution is 5.64. The summed E-state index contributed by atoms with van der Waals surface area (Å²) < 4.78 is 1.89. The van der Waals surface area contributed by atoms with Gasteiger partial charge in [0.25, 0.3) is 0 Å². The minimum absolute atomic E-state index is 0.646. The Balaban J connectivity index is 2.47. The first-order valence-electron chi connectivity index (χ1n) is 4.25. The van der Waals surface area contributed by atoms with E-state index in [2.05, 4.69) is 9.83 Å². The molecule has 0 N–H and O–H groups in total. The van der Waals surface area contributed by atoms with Gasteiger partial charge in [0.05, 0.1) is 18.6 Å². The first-order chi connectivity index (χ1) is 6.79. The zero-order chi connectivity index (χ0) is 9.97. The molecule has 68 valence electrons. The molecule has 1 heterocycles. The van der Waals surface area contributed by atoms with Crippen molar-refractivity contribution in [2.75, 3.05) is 0 Å². The topological polar surface area (TPSA) is 22.2 Å². The van der Waals surface area contributed by atoms with Crippen molar-refractivity contribution in [1.82, 2.24) is 9.55 Å². The van der Waals surface area contributed by atoms with Crippen LogP contribution in [-0.4, -0.2) is 9.55 Å². The average molecular weight is 183 g/mol. The monoisotopic (exact) mass is 183 g/mol. The third-order valence-corrected chi connectivity index (χ3v) is 1.98. The van der Waals surface area contributed by atoms with Crippen molar-refractivity contribution in [3.05, 3.63) is 48.2 Å². The zero-order valence-electron chi connectivity index (χ0n) is 7.81. The summed E-state index contributed by atoms with van der Waals surface area (Å²) in [6, 6.07) is 7.46. The van der Waals surface area contributed by atoms with Crippen LogP contribution in [-0.2, 0) is 7.05 Å². The SMILES string of the molecule is [C-]#[N+]c1cccc(-c2cn(C)cn2)c1. The van der Waals surface area contributed by atoms with E-state index in [0.717, 1.165) is 11.3 Å². The molecule has 0 aliphatic rings. The Morgan fingerprint density at radius 3 is 2.93 bits per heavy atom. The molecule has 0 spiro atoms. The molecule has 0 aliphatic carbocycles. The summed E-state index contributed by atoms with van der Waals surface area (Å²) in [7, 11) is 1.93. The van der Waals surface area contributed by atoms with E-state index in [1.807, 2.05) is 36.0 Å². The van der Waals surface area contributed by atoms with Gasteiger partial charge in [0.15, 0.2) is 5.69 Å². The maximum absolute atomic E-state index is 6.91. The van der Waals surface area contributed by atoms with Gasteiger partial charge in [-0.15, -0.1) is 0 Å². The van der Waals surface area contributed by atoms with Gasteiger partial charge in [0, 0.05) is 13.2 Å². The summed E-state index contributed by atoms with van der Waals surface area (Å²) in [6.07, 6.45) is 3.68. The predicted molar refractivity (Wildman–Crippen MR) is 54.9 cm³/mol. The lowest BCUT2D eigenvalue weighted by molar-refractivity contribution is 0.913. The van der Waals surface area contributed by atoms with Crippen LogP contribution < -0.4 is 0 Å². The van der Waals surface area contributed by atoms with Crippen LogP contribution in [0.3, 0.4) is 0 Å². The molecule has 0 saturated heterocycles. The summed E-state index contributed by atoms with van der Waals surface area (Å²) in [5.41, 5.74) is 2.53. The van der Waals surface area contributed by atoms with Gasteiger partial charge in [-0.2, -0.15) is 0 Å². The third-order valence-electron chi connectivity index (χ3n) is 1.98. The molecule has 0 bridgehead atoms. The van der Waals surface area contributed by atoms with Crippen molar-refractivity contribution in [3.63, 3.8) is 0 Å². The molecule has 1 aromatic carbocycles. The van der Waals surface area contributed by atoms with E-state index in [4.69, 9.17) is 6.57 Å². The molecule has 0 unspecified atom stereocenters. The van der Waals surface area contributed by atoms with Crippen molar-refractivity contribution in [2.24, 2.45) is 7.05 Å². The van der Waals surface area contributed by atoms with Crippen molar-refractivity contribution in [2.45, 2.75) is 0 Å². The number of rotatable bonds is 1. The first kappa shape index (κ1) is 8.52. The van der Waals surface area contributed by atoms with Crippen LogP contribution in [0.25, 0.3) is 16.1 Å². The van der Waals surface area contributed by atoms with Gasteiger partial charge in [0.1, 0.15) is 0 Å². The second-order valence-corrected chi connectivity index (χ2v) is 3.09. The maximum atomic E-state index is 6.91. The van der Waals surface area contributed by atoms with E-state index in [-0.39, 0.29) is 0 Å². The molecule has 3 nitrogen and oxygen atoms in total. The van der Waals surface area contributed by atoms with Crippen molar-refractivity contribution < 1.29 is 0 Å². The summed E-state index contributed by atoms with van der Waals surface area (Å²) in [6.45, 7) is 6.91. The Morgan fingerprint density at radius 1 is 1.43 bits per heavy atom. The van der Waals surface area contributed by atoms with E-state index < -0.39 is 0 Å². The second-order valence-electron chi connectivity index (χ2n) is 3.09. The number of benzene rings is 1. The molecule has 0 atom stereocenters. The van der Waals surface area contributed by atoms with Crippen molar-refractivity contribution >= 4 is 5.69 Å². The van der Waals surface area contributed by atoms with E-state index in [0.29, 0.717) is 5.69 Å². The fourth-order valence-corrected chi connectivity index (χ4v) is 1.30. The van der Waals surface area contributed by atoms with Crippen molar-refractivity contribution in [1.29, 1.82) is 0 Å². The highest BCUT2D eigenvalue weighted by atomic mass is 15.0. The van der Waals surface area contributed by atoms with E-state index in [1.165, 1.54) is 0 Å². The summed E-state index contributed by atoms with van der Waals surface area (Å²) >= 11 is 0. The van der Waals surface area contributed by atoms with Gasteiger partial charge < -0.3 is 4.57 Å². The van der Waals surface area contributed by atoms with Crippen LogP contribution in [0.15, 0.2) is 36.8 Å². The Bertz CT molecular complexity index is 491. The fraction of sp³-hybridized carbons (Fsp3) is 0.0909. The molecule has 2 rings (SSSR count). The normalized spacial score (nSPS) is 9.71. The lowest BCUT2D eigenvalue weighted by atomic mass is 10.1. The minimum atomic E-state index is 0.646. The molecule has 0 saturated carbocycles. The standard InChI is InChI=1S/C11H9N3/c1-12-10-5-3-4-9(6-10)11-7-14(2)8-13-11/h3-8H,2H3. The molecular formula is C11H9N3. The lowest BCUT2D eigenvalue weighted by Gasteiger charge is -1.96. The molecular weight excluding hydrogens is 174 g/mol. The Labute approximate surface area is 82.5 Å². The van der Waals surface area contributed by atoms with Gasteiger partial charge >= 0.3 is 0 Å². The van der Waals surface area contributed by atoms with Crippen LogP contribution >= 0.6 is 0 Å². The van der Waals surface area contributed by atoms with Crippen LogP contribution in [0, 0.1) is 6.57 Å². The second kappa shape index (κ2) is 3.35. The molecule has 0 amide bonds. The van der Waals surface area contributed by atoms with Gasteiger partial charge in [-0.25, -0.2) is 9.83 Å². The number of hydrogen-bond acceptors (Lipinski definition) is 1.